The van der Waals surface area contributed by atoms with Gasteiger partial charge in [-0.25, -0.2) is 9.18 Å². The predicted octanol–water partition coefficient (Wildman–Crippen LogP) is 7.48. The molecule has 1 aliphatic carbocycles. The number of nitrogens with zero attached hydrogens (tertiary/aromatic N) is 2. The van der Waals surface area contributed by atoms with Crippen LogP contribution >= 0.6 is 11.6 Å². The third-order valence-corrected chi connectivity index (χ3v) is 11.5. The molecular weight excluding hydrogens is 659 g/mol. The highest BCUT2D eigenvalue weighted by atomic mass is 35.5. The van der Waals surface area contributed by atoms with Crippen molar-refractivity contribution in [3.8, 4) is 5.75 Å². The number of hydrogen-bond donors (Lipinski definition) is 1. The number of allylic oxidation sites excluding steroid dienone is 3. The summed E-state index contributed by atoms with van der Waals surface area (Å²) in [5.74, 6) is -0.485. The van der Waals surface area contributed by atoms with E-state index in [0.717, 1.165) is 49.5 Å². The second-order valence-electron chi connectivity index (χ2n) is 14.5. The Balaban J connectivity index is 1.30. The van der Waals surface area contributed by atoms with Crippen molar-refractivity contribution in [2.45, 2.75) is 70.5 Å². The van der Waals surface area contributed by atoms with Crippen LogP contribution in [-0.2, 0) is 26.0 Å². The van der Waals surface area contributed by atoms with Crippen molar-refractivity contribution in [2.24, 2.45) is 11.8 Å². The van der Waals surface area contributed by atoms with Crippen molar-refractivity contribution in [3.63, 3.8) is 0 Å². The molecule has 0 aromatic heterocycles. The predicted molar refractivity (Wildman–Crippen MR) is 194 cm³/mol. The van der Waals surface area contributed by atoms with Crippen molar-refractivity contribution in [1.29, 1.82) is 0 Å². The minimum Gasteiger partial charge on any atom is -0.490 e. The third-order valence-electron chi connectivity index (χ3n) is 11.3. The summed E-state index contributed by atoms with van der Waals surface area (Å²) >= 11 is 6.44. The maximum absolute atomic E-state index is 16.4. The highest BCUT2D eigenvalue weighted by Gasteiger charge is 2.45. The van der Waals surface area contributed by atoms with Crippen molar-refractivity contribution < 1.29 is 33.2 Å². The van der Waals surface area contributed by atoms with Gasteiger partial charge in [-0.15, -0.1) is 0 Å². The zero-order chi connectivity index (χ0) is 35.3. The number of ether oxygens (including phenoxy) is 4. The van der Waals surface area contributed by atoms with E-state index in [4.69, 9.17) is 30.5 Å². The Hall–Kier alpha value is -2.95. The molecule has 3 heterocycles. The first-order valence-electron chi connectivity index (χ1n) is 18.2. The fourth-order valence-corrected chi connectivity index (χ4v) is 8.25. The van der Waals surface area contributed by atoms with Crippen LogP contribution in [0.25, 0.3) is 0 Å². The SMILES string of the molecule is C/C=C(\C)[C@@H](C)C/C=C(\F)C(OCCN1CCOCC1)[C@@H]1OCC[C@H]1CN1C[C@@]2(CCCc3cc(Cl)ccc32)COc2ccc(C(=O)O)cc21. The quantitative estimate of drug-likeness (QED) is 0.227. The number of rotatable bonds is 12. The molecular formula is C40H52ClFN2O6. The van der Waals surface area contributed by atoms with Gasteiger partial charge in [0.25, 0.3) is 0 Å². The number of carbonyl (C=O) groups is 1. The molecule has 1 spiro atoms. The fraction of sp³-hybridized carbons (Fsp3) is 0.575. The fourth-order valence-electron chi connectivity index (χ4n) is 8.06. The molecule has 1 N–H and O–H groups in total. The Kier molecular flexibility index (Phi) is 12.2. The van der Waals surface area contributed by atoms with Gasteiger partial charge < -0.3 is 29.0 Å². The Morgan fingerprint density at radius 3 is 2.80 bits per heavy atom. The lowest BCUT2D eigenvalue weighted by atomic mass is 9.70. The second-order valence-corrected chi connectivity index (χ2v) is 14.9. The molecule has 1 unspecified atom stereocenters. The lowest BCUT2D eigenvalue weighted by Gasteiger charge is -2.42. The first-order valence-corrected chi connectivity index (χ1v) is 18.6. The van der Waals surface area contributed by atoms with E-state index in [1.165, 1.54) is 16.7 Å². The first kappa shape index (κ1) is 36.8. The van der Waals surface area contributed by atoms with Gasteiger partial charge in [-0.05, 0) is 99.4 Å². The highest BCUT2D eigenvalue weighted by molar-refractivity contribution is 6.30. The van der Waals surface area contributed by atoms with Crippen LogP contribution in [-0.4, -0.2) is 93.9 Å². The van der Waals surface area contributed by atoms with Gasteiger partial charge in [-0.2, -0.15) is 0 Å². The molecule has 2 saturated heterocycles. The van der Waals surface area contributed by atoms with Crippen molar-refractivity contribution in [2.75, 3.05) is 70.7 Å². The van der Waals surface area contributed by atoms with Crippen LogP contribution in [0.3, 0.4) is 0 Å². The molecule has 272 valence electrons. The molecule has 0 radical (unpaired) electrons. The average molecular weight is 711 g/mol. The summed E-state index contributed by atoms with van der Waals surface area (Å²) in [6.45, 7) is 12.5. The smallest absolute Gasteiger partial charge is 0.335 e. The van der Waals surface area contributed by atoms with Crippen LogP contribution in [0.1, 0.15) is 67.9 Å². The topological polar surface area (TPSA) is 80.7 Å². The van der Waals surface area contributed by atoms with E-state index >= 15 is 4.39 Å². The molecule has 8 nitrogen and oxygen atoms in total. The third kappa shape index (κ3) is 8.39. The minimum absolute atomic E-state index is 0.0676. The van der Waals surface area contributed by atoms with E-state index in [1.54, 1.807) is 24.3 Å². The number of aryl methyl sites for hydroxylation is 1. The summed E-state index contributed by atoms with van der Waals surface area (Å²) in [6, 6.07) is 11.2. The zero-order valence-electron chi connectivity index (χ0n) is 29.7. The van der Waals surface area contributed by atoms with Crippen molar-refractivity contribution in [1.82, 2.24) is 4.90 Å². The molecule has 4 aliphatic rings. The number of anilines is 1. The Morgan fingerprint density at radius 1 is 1.20 bits per heavy atom. The molecule has 2 aromatic carbocycles. The van der Waals surface area contributed by atoms with E-state index in [0.29, 0.717) is 64.8 Å². The van der Waals surface area contributed by atoms with Crippen LogP contribution in [0.4, 0.5) is 10.1 Å². The molecule has 2 fully saturated rings. The maximum atomic E-state index is 16.4. The van der Waals surface area contributed by atoms with Crippen LogP contribution in [0.15, 0.2) is 60.0 Å². The number of benzene rings is 2. The summed E-state index contributed by atoms with van der Waals surface area (Å²) in [6.07, 6.45) is 6.60. The van der Waals surface area contributed by atoms with Gasteiger partial charge in [0.1, 0.15) is 17.7 Å². The van der Waals surface area contributed by atoms with Gasteiger partial charge in [0, 0.05) is 55.7 Å². The van der Waals surface area contributed by atoms with E-state index in [2.05, 4.69) is 41.9 Å². The lowest BCUT2D eigenvalue weighted by molar-refractivity contribution is -0.0609. The van der Waals surface area contributed by atoms with Crippen molar-refractivity contribution in [3.05, 3.63) is 81.7 Å². The molecule has 6 rings (SSSR count). The molecule has 2 aromatic rings. The normalized spacial score (nSPS) is 25.8. The molecule has 10 heteroatoms. The van der Waals surface area contributed by atoms with Gasteiger partial charge in [0.15, 0.2) is 0 Å². The van der Waals surface area contributed by atoms with Crippen LogP contribution in [0.5, 0.6) is 5.75 Å². The first-order chi connectivity index (χ1) is 24.2. The second kappa shape index (κ2) is 16.6. The lowest BCUT2D eigenvalue weighted by Crippen LogP contribution is -2.48. The minimum atomic E-state index is -0.991. The number of aromatic carboxylic acids is 1. The van der Waals surface area contributed by atoms with Crippen molar-refractivity contribution >= 4 is 23.3 Å². The summed E-state index contributed by atoms with van der Waals surface area (Å²) < 4.78 is 41.3. The van der Waals surface area contributed by atoms with E-state index in [1.807, 2.05) is 13.0 Å². The molecule has 50 heavy (non-hydrogen) atoms. The molecule has 0 bridgehead atoms. The number of halogens is 2. The van der Waals surface area contributed by atoms with Gasteiger partial charge in [-0.1, -0.05) is 36.2 Å². The van der Waals surface area contributed by atoms with Crippen LogP contribution < -0.4 is 9.64 Å². The largest absolute Gasteiger partial charge is 0.490 e. The average Bonchev–Trinajstić information content (AvgIpc) is 3.52. The van der Waals surface area contributed by atoms with Gasteiger partial charge in [-0.3, -0.25) is 4.90 Å². The zero-order valence-corrected chi connectivity index (χ0v) is 30.4. The van der Waals surface area contributed by atoms with E-state index in [-0.39, 0.29) is 28.6 Å². The number of morpholine rings is 1. The summed E-state index contributed by atoms with van der Waals surface area (Å²) in [5, 5.41) is 10.7. The number of carboxylic acid groups (broad SMARTS) is 1. The molecule has 5 atom stereocenters. The molecule has 0 amide bonds. The number of fused-ring (bicyclic) bond motifs is 3. The maximum Gasteiger partial charge on any atom is 0.335 e. The summed E-state index contributed by atoms with van der Waals surface area (Å²) in [5.41, 5.74) is 4.30. The van der Waals surface area contributed by atoms with Crippen LogP contribution in [0.2, 0.25) is 5.02 Å². The Bertz CT molecular complexity index is 1560. The van der Waals surface area contributed by atoms with E-state index < -0.39 is 18.2 Å². The van der Waals surface area contributed by atoms with Gasteiger partial charge >= 0.3 is 5.97 Å². The Morgan fingerprint density at radius 2 is 2.02 bits per heavy atom. The van der Waals surface area contributed by atoms with Gasteiger partial charge in [0.2, 0.25) is 0 Å². The number of carboxylic acids is 1. The van der Waals surface area contributed by atoms with Gasteiger partial charge in [0.05, 0.1) is 43.8 Å². The monoisotopic (exact) mass is 710 g/mol. The molecule has 3 aliphatic heterocycles. The highest BCUT2D eigenvalue weighted by Crippen LogP contribution is 2.45. The standard InChI is InChI=1S/C40H52ClFN2O6/c1-4-27(2)28(3)7-11-34(42)38(49-21-17-43-15-19-47-20-16-43)37-31(13-18-48-37)24-44-25-40(14-5-6-29-22-32(41)9-10-33(29)40)26-50-36-12-8-30(39(45)46)23-35(36)44/h4,8-12,22-23,28,31,37-38H,5-7,13-21,24-26H2,1-3H3,(H,45,46)/b27-4+,34-11-/t28-,31-,37+,38?,40-/m0/s1. The summed E-state index contributed by atoms with van der Waals surface area (Å²) in [7, 11) is 0. The van der Waals surface area contributed by atoms with E-state index in [9.17, 15) is 9.90 Å². The number of hydrogen-bond acceptors (Lipinski definition) is 7. The van der Waals surface area contributed by atoms with Crippen LogP contribution in [0, 0.1) is 11.8 Å². The summed E-state index contributed by atoms with van der Waals surface area (Å²) in [4.78, 5) is 16.7. The Labute approximate surface area is 301 Å². The molecule has 0 saturated carbocycles.